The van der Waals surface area contributed by atoms with Crippen molar-refractivity contribution in [2.75, 3.05) is 23.1 Å². The number of hydrogen-bond acceptors (Lipinski definition) is 3. The van der Waals surface area contributed by atoms with Crippen molar-refractivity contribution in [1.29, 1.82) is 0 Å². The smallest absolute Gasteiger partial charge is 0.343 e. The van der Waals surface area contributed by atoms with Crippen LogP contribution >= 0.6 is 0 Å². The first-order valence-corrected chi connectivity index (χ1v) is 7.75. The summed E-state index contributed by atoms with van der Waals surface area (Å²) in [5.41, 5.74) is 0.444. The third-order valence-electron chi connectivity index (χ3n) is 2.97. The van der Waals surface area contributed by atoms with Crippen molar-refractivity contribution in [3.05, 3.63) is 29.8 Å². The Labute approximate surface area is 119 Å². The van der Waals surface area contributed by atoms with E-state index >= 15 is 0 Å². The predicted octanol–water partition coefficient (Wildman–Crippen LogP) is 1.52. The number of alkyl halides is 3. The molecule has 0 aliphatic carbocycles. The van der Waals surface area contributed by atoms with Gasteiger partial charge in [0.15, 0.2) is 0 Å². The summed E-state index contributed by atoms with van der Waals surface area (Å²) in [4.78, 5) is 11.5. The van der Waals surface area contributed by atoms with Gasteiger partial charge in [0.05, 0.1) is 11.4 Å². The zero-order valence-electron chi connectivity index (χ0n) is 10.9. The van der Waals surface area contributed by atoms with Crippen molar-refractivity contribution in [2.45, 2.75) is 12.6 Å². The van der Waals surface area contributed by atoms with Crippen LogP contribution in [-0.2, 0) is 10.0 Å². The highest BCUT2D eigenvalue weighted by molar-refractivity contribution is 7.93. The van der Waals surface area contributed by atoms with Crippen LogP contribution in [0.15, 0.2) is 24.3 Å². The van der Waals surface area contributed by atoms with Gasteiger partial charge >= 0.3 is 6.18 Å². The highest BCUT2D eigenvalue weighted by atomic mass is 32.2. The molecule has 0 aromatic heterocycles. The number of anilines is 1. The predicted molar refractivity (Wildman–Crippen MR) is 70.6 cm³/mol. The molecule has 1 N–H and O–H groups in total. The van der Waals surface area contributed by atoms with E-state index in [-0.39, 0.29) is 11.3 Å². The maximum absolute atomic E-state index is 12.0. The van der Waals surface area contributed by atoms with E-state index in [1.807, 2.05) is 0 Å². The summed E-state index contributed by atoms with van der Waals surface area (Å²) in [7, 11) is -3.32. The molecule has 5 nitrogen and oxygen atoms in total. The first-order chi connectivity index (χ1) is 9.69. The lowest BCUT2D eigenvalue weighted by Gasteiger charge is -2.17. The van der Waals surface area contributed by atoms with Crippen LogP contribution in [0.3, 0.4) is 0 Å². The molecule has 1 aliphatic rings. The number of sulfonamides is 1. The van der Waals surface area contributed by atoms with E-state index in [0.29, 0.717) is 18.7 Å². The Hall–Kier alpha value is -1.77. The second-order valence-electron chi connectivity index (χ2n) is 4.59. The maximum Gasteiger partial charge on any atom is 0.405 e. The lowest BCUT2D eigenvalue weighted by atomic mass is 10.2. The first kappa shape index (κ1) is 15.6. The van der Waals surface area contributed by atoms with Crippen LogP contribution in [0.2, 0.25) is 0 Å². The van der Waals surface area contributed by atoms with Crippen LogP contribution in [0, 0.1) is 0 Å². The zero-order valence-corrected chi connectivity index (χ0v) is 11.7. The minimum absolute atomic E-state index is 0.0413. The SMILES string of the molecule is O=C(NCC(F)(F)F)c1ccc(N2CCCS2(=O)=O)cc1. The summed E-state index contributed by atoms with van der Waals surface area (Å²) < 4.78 is 60.7. The van der Waals surface area contributed by atoms with Crippen molar-refractivity contribution in [2.24, 2.45) is 0 Å². The molecule has 0 radical (unpaired) electrons. The number of amides is 1. The van der Waals surface area contributed by atoms with Crippen molar-refractivity contribution in [3.8, 4) is 0 Å². The van der Waals surface area contributed by atoms with Crippen LogP contribution in [0.25, 0.3) is 0 Å². The van der Waals surface area contributed by atoms with Gasteiger partial charge < -0.3 is 5.32 Å². The summed E-state index contributed by atoms with van der Waals surface area (Å²) in [6.45, 7) is -1.05. The number of rotatable bonds is 3. The molecule has 1 aliphatic heterocycles. The van der Waals surface area contributed by atoms with Crippen molar-refractivity contribution >= 4 is 21.6 Å². The Balaban J connectivity index is 2.07. The molecule has 1 heterocycles. The molecule has 0 saturated carbocycles. The molecule has 0 spiro atoms. The van der Waals surface area contributed by atoms with Gasteiger partial charge in [-0.1, -0.05) is 0 Å². The molecule has 0 unspecified atom stereocenters. The Kier molecular flexibility index (Phi) is 4.13. The van der Waals surface area contributed by atoms with Gasteiger partial charge in [-0.05, 0) is 30.7 Å². The Morgan fingerprint density at radius 2 is 1.86 bits per heavy atom. The van der Waals surface area contributed by atoms with E-state index in [4.69, 9.17) is 0 Å². The molecule has 9 heteroatoms. The molecule has 116 valence electrons. The molecule has 0 bridgehead atoms. The number of nitrogens with zero attached hydrogens (tertiary/aromatic N) is 1. The fourth-order valence-corrected chi connectivity index (χ4v) is 3.56. The molecule has 1 fully saturated rings. The Bertz CT molecular complexity index is 626. The highest BCUT2D eigenvalue weighted by Gasteiger charge is 2.29. The molecular formula is C12H13F3N2O3S. The maximum atomic E-state index is 12.0. The zero-order chi connectivity index (χ0) is 15.7. The fraction of sp³-hybridized carbons (Fsp3) is 0.417. The summed E-state index contributed by atoms with van der Waals surface area (Å²) in [5.74, 6) is -0.788. The topological polar surface area (TPSA) is 66.5 Å². The van der Waals surface area contributed by atoms with Gasteiger partial charge in [-0.2, -0.15) is 13.2 Å². The normalized spacial score (nSPS) is 17.8. The average molecular weight is 322 g/mol. The largest absolute Gasteiger partial charge is 0.405 e. The van der Waals surface area contributed by atoms with E-state index < -0.39 is 28.7 Å². The number of benzene rings is 1. The Morgan fingerprint density at radius 3 is 2.33 bits per heavy atom. The van der Waals surface area contributed by atoms with Gasteiger partial charge in [0.2, 0.25) is 10.0 Å². The van der Waals surface area contributed by atoms with Gasteiger partial charge in [-0.25, -0.2) is 8.42 Å². The lowest BCUT2D eigenvalue weighted by Crippen LogP contribution is -2.33. The van der Waals surface area contributed by atoms with Crippen LogP contribution in [-0.4, -0.2) is 39.3 Å². The fourth-order valence-electron chi connectivity index (χ4n) is 1.99. The van der Waals surface area contributed by atoms with Crippen molar-refractivity contribution in [1.82, 2.24) is 5.32 Å². The van der Waals surface area contributed by atoms with Crippen LogP contribution in [0.4, 0.5) is 18.9 Å². The minimum atomic E-state index is -4.47. The summed E-state index contributed by atoms with van der Waals surface area (Å²) >= 11 is 0. The second-order valence-corrected chi connectivity index (χ2v) is 6.60. The molecule has 1 saturated heterocycles. The number of carbonyl (C=O) groups is 1. The quantitative estimate of drug-likeness (QED) is 0.917. The lowest BCUT2D eigenvalue weighted by molar-refractivity contribution is -0.123. The molecular weight excluding hydrogens is 309 g/mol. The third kappa shape index (κ3) is 3.87. The van der Waals surface area contributed by atoms with E-state index in [9.17, 15) is 26.4 Å². The van der Waals surface area contributed by atoms with E-state index in [0.717, 1.165) is 0 Å². The number of halogens is 3. The molecule has 1 aromatic rings. The van der Waals surface area contributed by atoms with Crippen molar-refractivity contribution in [3.63, 3.8) is 0 Å². The van der Waals surface area contributed by atoms with Crippen LogP contribution in [0.1, 0.15) is 16.8 Å². The van der Waals surface area contributed by atoms with E-state index in [1.54, 1.807) is 5.32 Å². The number of nitrogens with one attached hydrogen (secondary N) is 1. The molecule has 0 atom stereocenters. The van der Waals surface area contributed by atoms with Crippen LogP contribution < -0.4 is 9.62 Å². The molecule has 2 rings (SSSR count). The number of hydrogen-bond donors (Lipinski definition) is 1. The van der Waals surface area contributed by atoms with Crippen molar-refractivity contribution < 1.29 is 26.4 Å². The molecule has 1 aromatic carbocycles. The summed E-state index contributed by atoms with van der Waals surface area (Å²) in [6.07, 6.45) is -3.95. The average Bonchev–Trinajstić information content (AvgIpc) is 2.75. The van der Waals surface area contributed by atoms with E-state index in [1.165, 1.54) is 28.6 Å². The van der Waals surface area contributed by atoms with Gasteiger partial charge in [0, 0.05) is 12.1 Å². The standard InChI is InChI=1S/C12H13F3N2O3S/c13-12(14,15)8-16-11(18)9-2-4-10(5-3-9)17-6-1-7-21(17,19)20/h2-5H,1,6-8H2,(H,16,18). The first-order valence-electron chi connectivity index (χ1n) is 6.14. The van der Waals surface area contributed by atoms with Gasteiger partial charge in [-0.3, -0.25) is 9.10 Å². The monoisotopic (exact) mass is 322 g/mol. The highest BCUT2D eigenvalue weighted by Crippen LogP contribution is 2.24. The second kappa shape index (κ2) is 5.55. The Morgan fingerprint density at radius 1 is 1.24 bits per heavy atom. The molecule has 1 amide bonds. The number of carbonyl (C=O) groups excluding carboxylic acids is 1. The van der Waals surface area contributed by atoms with Crippen LogP contribution in [0.5, 0.6) is 0 Å². The third-order valence-corrected chi connectivity index (χ3v) is 4.84. The van der Waals surface area contributed by atoms with E-state index in [2.05, 4.69) is 0 Å². The summed E-state index contributed by atoms with van der Waals surface area (Å²) in [6, 6.07) is 5.42. The summed E-state index contributed by atoms with van der Waals surface area (Å²) in [5, 5.41) is 1.75. The molecule has 21 heavy (non-hydrogen) atoms. The minimum Gasteiger partial charge on any atom is -0.343 e. The van der Waals surface area contributed by atoms with Gasteiger partial charge in [-0.15, -0.1) is 0 Å². The van der Waals surface area contributed by atoms with Gasteiger partial charge in [0.1, 0.15) is 6.54 Å². The van der Waals surface area contributed by atoms with Gasteiger partial charge in [0.25, 0.3) is 5.91 Å².